The summed E-state index contributed by atoms with van der Waals surface area (Å²) in [4.78, 5) is 28.8. The zero-order chi connectivity index (χ0) is 25.9. The lowest BCUT2D eigenvalue weighted by molar-refractivity contribution is -0.142. The molecule has 0 aliphatic rings. The smallest absolute Gasteiger partial charge is 0.261 e. The molecule has 36 heavy (non-hydrogen) atoms. The molecule has 0 saturated heterocycles. The summed E-state index contributed by atoms with van der Waals surface area (Å²) in [5.41, 5.74) is 5.21. The van der Waals surface area contributed by atoms with Crippen LogP contribution in [0.3, 0.4) is 0 Å². The first-order valence-corrected chi connectivity index (χ1v) is 12.7. The minimum atomic E-state index is -0.654. The second-order valence-electron chi connectivity index (χ2n) is 9.36. The molecule has 190 valence electrons. The third-order valence-corrected chi connectivity index (χ3v) is 6.38. The molecule has 0 spiro atoms. The number of hydrogen-bond acceptors (Lipinski definition) is 3. The lowest BCUT2D eigenvalue weighted by atomic mass is 10.0. The fraction of sp³-hybridized carbons (Fsp3) is 0.355. The summed E-state index contributed by atoms with van der Waals surface area (Å²) in [5, 5.41) is 3.06. The van der Waals surface area contributed by atoms with Crippen LogP contribution in [-0.4, -0.2) is 35.9 Å². The molecule has 5 nitrogen and oxygen atoms in total. The zero-order valence-corrected chi connectivity index (χ0v) is 21.9. The first-order chi connectivity index (χ1) is 17.4. The minimum absolute atomic E-state index is 0.136. The quantitative estimate of drug-likeness (QED) is 0.342. The maximum Gasteiger partial charge on any atom is 0.261 e. The number of carbonyl (C=O) groups excluding carboxylic acids is 2. The molecule has 0 bridgehead atoms. The molecule has 0 heterocycles. The van der Waals surface area contributed by atoms with Crippen molar-refractivity contribution in [2.24, 2.45) is 0 Å². The van der Waals surface area contributed by atoms with E-state index in [0.717, 1.165) is 40.7 Å². The van der Waals surface area contributed by atoms with Gasteiger partial charge in [-0.2, -0.15) is 0 Å². The number of nitrogens with zero attached hydrogens (tertiary/aromatic N) is 1. The number of unbranched alkanes of at least 4 members (excludes halogenated alkanes) is 1. The summed E-state index contributed by atoms with van der Waals surface area (Å²) in [6.45, 7) is 8.90. The van der Waals surface area contributed by atoms with Crippen LogP contribution in [0.15, 0.2) is 72.8 Å². The number of rotatable bonds is 12. The van der Waals surface area contributed by atoms with Crippen molar-refractivity contribution in [1.29, 1.82) is 0 Å². The Hall–Kier alpha value is -3.60. The topological polar surface area (TPSA) is 58.6 Å². The summed E-state index contributed by atoms with van der Waals surface area (Å²) in [6, 6.07) is 23.1. The Morgan fingerprint density at radius 2 is 1.64 bits per heavy atom. The minimum Gasteiger partial charge on any atom is -0.483 e. The molecule has 0 fully saturated rings. The van der Waals surface area contributed by atoms with Gasteiger partial charge in [0.15, 0.2) is 6.61 Å². The number of aryl methyl sites for hydroxylation is 3. The Morgan fingerprint density at radius 3 is 2.33 bits per heavy atom. The van der Waals surface area contributed by atoms with Crippen molar-refractivity contribution in [2.75, 3.05) is 13.2 Å². The van der Waals surface area contributed by atoms with E-state index in [1.165, 1.54) is 0 Å². The van der Waals surface area contributed by atoms with E-state index in [9.17, 15) is 9.59 Å². The van der Waals surface area contributed by atoms with Crippen molar-refractivity contribution in [3.8, 4) is 5.75 Å². The number of nitrogens with one attached hydrogen (secondary N) is 1. The molecular formula is C31H38N2O3. The van der Waals surface area contributed by atoms with E-state index < -0.39 is 6.04 Å². The molecule has 3 aromatic carbocycles. The SMILES string of the molecule is CCCCNC(=O)C(Cc1ccccc1)N(Cc1ccccc1C)C(=O)COc1ccc(C)cc1C. The number of carbonyl (C=O) groups is 2. The predicted octanol–water partition coefficient (Wildman–Crippen LogP) is 5.55. The zero-order valence-electron chi connectivity index (χ0n) is 21.9. The highest BCUT2D eigenvalue weighted by molar-refractivity contribution is 5.88. The van der Waals surface area contributed by atoms with Crippen LogP contribution in [0, 0.1) is 20.8 Å². The first kappa shape index (κ1) is 27.0. The van der Waals surface area contributed by atoms with Crippen molar-refractivity contribution in [3.05, 3.63) is 101 Å². The van der Waals surface area contributed by atoms with Crippen molar-refractivity contribution < 1.29 is 14.3 Å². The molecule has 1 N–H and O–H groups in total. The maximum absolute atomic E-state index is 13.7. The predicted molar refractivity (Wildman–Crippen MR) is 145 cm³/mol. The van der Waals surface area contributed by atoms with Crippen molar-refractivity contribution in [3.63, 3.8) is 0 Å². The van der Waals surface area contributed by atoms with Gasteiger partial charge in [-0.05, 0) is 55.5 Å². The second kappa shape index (κ2) is 13.5. The Kier molecular flexibility index (Phi) is 10.1. The highest BCUT2D eigenvalue weighted by Crippen LogP contribution is 2.21. The van der Waals surface area contributed by atoms with Gasteiger partial charge in [0.2, 0.25) is 5.91 Å². The lowest BCUT2D eigenvalue weighted by Crippen LogP contribution is -2.52. The molecule has 0 radical (unpaired) electrons. The number of ether oxygens (including phenoxy) is 1. The van der Waals surface area contributed by atoms with E-state index in [4.69, 9.17) is 4.74 Å². The van der Waals surface area contributed by atoms with Crippen LogP contribution in [-0.2, 0) is 22.6 Å². The Labute approximate surface area is 215 Å². The van der Waals surface area contributed by atoms with Gasteiger partial charge in [0, 0.05) is 19.5 Å². The number of amides is 2. The van der Waals surface area contributed by atoms with E-state index in [1.54, 1.807) is 4.90 Å². The fourth-order valence-corrected chi connectivity index (χ4v) is 4.21. The van der Waals surface area contributed by atoms with Crippen LogP contribution in [0.5, 0.6) is 5.75 Å². The molecule has 3 rings (SSSR count). The molecule has 0 aromatic heterocycles. The molecule has 1 atom stereocenters. The highest BCUT2D eigenvalue weighted by Gasteiger charge is 2.31. The molecule has 1 unspecified atom stereocenters. The van der Waals surface area contributed by atoms with Gasteiger partial charge >= 0.3 is 0 Å². The highest BCUT2D eigenvalue weighted by atomic mass is 16.5. The standard InChI is InChI=1S/C31H38N2O3/c1-5-6-18-32-31(35)28(20-26-13-8-7-9-14-26)33(21-27-15-11-10-12-24(27)3)30(34)22-36-29-17-16-23(2)19-25(29)4/h7-17,19,28H,5-6,18,20-22H2,1-4H3,(H,32,35). The van der Waals surface area contributed by atoms with E-state index in [2.05, 4.69) is 12.2 Å². The first-order valence-electron chi connectivity index (χ1n) is 12.7. The van der Waals surface area contributed by atoms with Gasteiger partial charge in [-0.25, -0.2) is 0 Å². The molecule has 0 saturated carbocycles. The number of benzene rings is 3. The maximum atomic E-state index is 13.7. The monoisotopic (exact) mass is 486 g/mol. The van der Waals surface area contributed by atoms with E-state index in [1.807, 2.05) is 93.6 Å². The summed E-state index contributed by atoms with van der Waals surface area (Å²) >= 11 is 0. The molecular weight excluding hydrogens is 448 g/mol. The van der Waals surface area contributed by atoms with Crippen LogP contribution < -0.4 is 10.1 Å². The van der Waals surface area contributed by atoms with Gasteiger partial charge in [0.25, 0.3) is 5.91 Å². The molecule has 0 aliphatic carbocycles. The van der Waals surface area contributed by atoms with Gasteiger partial charge in [-0.1, -0.05) is 85.6 Å². The average molecular weight is 487 g/mol. The van der Waals surface area contributed by atoms with Crippen LogP contribution in [0.1, 0.15) is 47.6 Å². The summed E-state index contributed by atoms with van der Waals surface area (Å²) < 4.78 is 5.96. The van der Waals surface area contributed by atoms with Gasteiger partial charge in [-0.15, -0.1) is 0 Å². The van der Waals surface area contributed by atoms with Crippen molar-refractivity contribution >= 4 is 11.8 Å². The van der Waals surface area contributed by atoms with Gasteiger partial charge in [0.1, 0.15) is 11.8 Å². The lowest BCUT2D eigenvalue weighted by Gasteiger charge is -2.32. The van der Waals surface area contributed by atoms with Crippen LogP contribution in [0.25, 0.3) is 0 Å². The number of hydrogen-bond donors (Lipinski definition) is 1. The second-order valence-corrected chi connectivity index (χ2v) is 9.36. The van der Waals surface area contributed by atoms with Crippen LogP contribution in [0.4, 0.5) is 0 Å². The van der Waals surface area contributed by atoms with Crippen molar-refractivity contribution in [1.82, 2.24) is 10.2 Å². The third-order valence-electron chi connectivity index (χ3n) is 6.38. The Balaban J connectivity index is 1.90. The van der Waals surface area contributed by atoms with Crippen LogP contribution >= 0.6 is 0 Å². The van der Waals surface area contributed by atoms with E-state index in [-0.39, 0.29) is 18.4 Å². The molecule has 5 heteroatoms. The Morgan fingerprint density at radius 1 is 0.917 bits per heavy atom. The van der Waals surface area contributed by atoms with Crippen molar-refractivity contribution in [2.45, 2.75) is 59.5 Å². The van der Waals surface area contributed by atoms with Gasteiger partial charge in [0.05, 0.1) is 0 Å². The normalized spacial score (nSPS) is 11.6. The van der Waals surface area contributed by atoms with Crippen LogP contribution in [0.2, 0.25) is 0 Å². The molecule has 0 aliphatic heterocycles. The molecule has 3 aromatic rings. The largest absolute Gasteiger partial charge is 0.483 e. The summed E-state index contributed by atoms with van der Waals surface area (Å²) in [6.07, 6.45) is 2.31. The van der Waals surface area contributed by atoms with E-state index >= 15 is 0 Å². The summed E-state index contributed by atoms with van der Waals surface area (Å²) in [7, 11) is 0. The van der Waals surface area contributed by atoms with Gasteiger partial charge < -0.3 is 15.0 Å². The average Bonchev–Trinajstić information content (AvgIpc) is 2.87. The summed E-state index contributed by atoms with van der Waals surface area (Å²) in [5.74, 6) is 0.322. The Bertz CT molecular complexity index is 1140. The fourth-order valence-electron chi connectivity index (χ4n) is 4.21. The van der Waals surface area contributed by atoms with E-state index in [0.29, 0.717) is 25.3 Å². The van der Waals surface area contributed by atoms with Gasteiger partial charge in [-0.3, -0.25) is 9.59 Å². The molecule has 2 amide bonds. The third kappa shape index (κ3) is 7.70.